The summed E-state index contributed by atoms with van der Waals surface area (Å²) in [6.07, 6.45) is -1.50. The van der Waals surface area contributed by atoms with Gasteiger partial charge in [-0.05, 0) is 36.4 Å². The van der Waals surface area contributed by atoms with Gasteiger partial charge < -0.3 is 10.5 Å². The molecule has 4 aromatic rings. The van der Waals surface area contributed by atoms with E-state index in [2.05, 4.69) is 9.97 Å². The standard InChI is InChI=1S/C20H13F3N4O2/c21-20(22,23)15-5-2-6-16-17(15)26-19(18(24)28)27(16)12-3-1-4-14(11-12)29-13-7-9-25-10-8-13/h1-11H,(H2,24,28). The third-order valence-corrected chi connectivity index (χ3v) is 4.17. The monoisotopic (exact) mass is 398 g/mol. The summed E-state index contributed by atoms with van der Waals surface area (Å²) in [5.74, 6) is -0.312. The lowest BCUT2D eigenvalue weighted by Crippen LogP contribution is -2.17. The number of aromatic nitrogens is 3. The number of ether oxygens (including phenoxy) is 1. The van der Waals surface area contributed by atoms with E-state index < -0.39 is 17.6 Å². The van der Waals surface area contributed by atoms with Gasteiger partial charge in [-0.3, -0.25) is 14.3 Å². The van der Waals surface area contributed by atoms with E-state index in [1.165, 1.54) is 16.7 Å². The van der Waals surface area contributed by atoms with Crippen molar-refractivity contribution < 1.29 is 22.7 Å². The van der Waals surface area contributed by atoms with Gasteiger partial charge in [0.1, 0.15) is 17.0 Å². The first-order valence-electron chi connectivity index (χ1n) is 8.41. The number of nitrogens with two attached hydrogens (primary N) is 1. The van der Waals surface area contributed by atoms with Crippen molar-refractivity contribution >= 4 is 16.9 Å². The lowest BCUT2D eigenvalue weighted by molar-refractivity contribution is -0.136. The van der Waals surface area contributed by atoms with Gasteiger partial charge in [-0.1, -0.05) is 12.1 Å². The number of pyridine rings is 1. The molecule has 0 saturated heterocycles. The Morgan fingerprint density at radius 2 is 1.72 bits per heavy atom. The number of hydrogen-bond donors (Lipinski definition) is 1. The molecule has 2 aromatic heterocycles. The second-order valence-corrected chi connectivity index (χ2v) is 6.09. The van der Waals surface area contributed by atoms with E-state index in [-0.39, 0.29) is 16.9 Å². The first kappa shape index (κ1) is 18.5. The minimum atomic E-state index is -4.63. The van der Waals surface area contributed by atoms with E-state index in [0.717, 1.165) is 6.07 Å². The summed E-state index contributed by atoms with van der Waals surface area (Å²) in [7, 11) is 0. The normalized spacial score (nSPS) is 11.6. The summed E-state index contributed by atoms with van der Waals surface area (Å²) in [5, 5.41) is 0. The Labute approximate surface area is 162 Å². The molecule has 0 aliphatic heterocycles. The molecule has 29 heavy (non-hydrogen) atoms. The molecule has 9 heteroatoms. The molecule has 0 radical (unpaired) electrons. The number of alkyl halides is 3. The molecule has 2 heterocycles. The number of fused-ring (bicyclic) bond motifs is 1. The maximum Gasteiger partial charge on any atom is 0.418 e. The average Bonchev–Trinajstić information content (AvgIpc) is 3.08. The fraction of sp³-hybridized carbons (Fsp3) is 0.0500. The number of rotatable bonds is 4. The van der Waals surface area contributed by atoms with E-state index in [4.69, 9.17) is 10.5 Å². The summed E-state index contributed by atoms with van der Waals surface area (Å²) >= 11 is 0. The van der Waals surface area contributed by atoms with Gasteiger partial charge in [-0.25, -0.2) is 4.98 Å². The highest BCUT2D eigenvalue weighted by atomic mass is 19.4. The summed E-state index contributed by atoms with van der Waals surface area (Å²) < 4.78 is 47.2. The van der Waals surface area contributed by atoms with Crippen molar-refractivity contribution in [2.24, 2.45) is 5.73 Å². The van der Waals surface area contributed by atoms with Gasteiger partial charge in [0.15, 0.2) is 0 Å². The lowest BCUT2D eigenvalue weighted by Gasteiger charge is -2.11. The first-order chi connectivity index (χ1) is 13.8. The molecule has 0 bridgehead atoms. The van der Waals surface area contributed by atoms with Crippen LogP contribution in [-0.4, -0.2) is 20.4 Å². The number of nitrogens with zero attached hydrogens (tertiary/aromatic N) is 3. The number of amides is 1. The predicted octanol–water partition coefficient (Wildman–Crippen LogP) is 4.33. The maximum atomic E-state index is 13.4. The number of carbonyl (C=O) groups is 1. The molecular weight excluding hydrogens is 385 g/mol. The molecule has 0 unspecified atom stereocenters. The van der Waals surface area contributed by atoms with Crippen LogP contribution in [-0.2, 0) is 6.18 Å². The van der Waals surface area contributed by atoms with Crippen LogP contribution in [0.3, 0.4) is 0 Å². The van der Waals surface area contributed by atoms with Crippen LogP contribution in [0.4, 0.5) is 13.2 Å². The van der Waals surface area contributed by atoms with Gasteiger partial charge >= 0.3 is 6.18 Å². The Balaban J connectivity index is 1.89. The van der Waals surface area contributed by atoms with E-state index in [1.807, 2.05) is 0 Å². The van der Waals surface area contributed by atoms with Crippen LogP contribution < -0.4 is 10.5 Å². The first-order valence-corrected chi connectivity index (χ1v) is 8.41. The van der Waals surface area contributed by atoms with Crippen LogP contribution in [0.25, 0.3) is 16.7 Å². The zero-order valence-corrected chi connectivity index (χ0v) is 14.7. The average molecular weight is 398 g/mol. The van der Waals surface area contributed by atoms with E-state index in [0.29, 0.717) is 17.2 Å². The van der Waals surface area contributed by atoms with Crippen molar-refractivity contribution in [1.29, 1.82) is 0 Å². The Hall–Kier alpha value is -3.88. The molecule has 0 aliphatic rings. The maximum absolute atomic E-state index is 13.4. The topological polar surface area (TPSA) is 83.0 Å². The zero-order chi connectivity index (χ0) is 20.6. The van der Waals surface area contributed by atoms with Gasteiger partial charge in [0.25, 0.3) is 5.91 Å². The molecule has 146 valence electrons. The molecule has 0 atom stereocenters. The lowest BCUT2D eigenvalue weighted by atomic mass is 10.1. The second kappa shape index (κ2) is 6.93. The van der Waals surface area contributed by atoms with Crippen molar-refractivity contribution in [3.8, 4) is 17.2 Å². The van der Waals surface area contributed by atoms with Crippen molar-refractivity contribution in [2.75, 3.05) is 0 Å². The number of carbonyl (C=O) groups excluding carboxylic acids is 1. The third kappa shape index (κ3) is 3.49. The fourth-order valence-electron chi connectivity index (χ4n) is 2.98. The number of halogens is 3. The van der Waals surface area contributed by atoms with Crippen molar-refractivity contribution in [3.63, 3.8) is 0 Å². The molecule has 0 spiro atoms. The van der Waals surface area contributed by atoms with Crippen LogP contribution in [0, 0.1) is 0 Å². The fourth-order valence-corrected chi connectivity index (χ4v) is 2.98. The van der Waals surface area contributed by atoms with Crippen LogP contribution in [0.2, 0.25) is 0 Å². The van der Waals surface area contributed by atoms with Gasteiger partial charge in [-0.15, -0.1) is 0 Å². The smallest absolute Gasteiger partial charge is 0.418 e. The minimum absolute atomic E-state index is 0.106. The summed E-state index contributed by atoms with van der Waals surface area (Å²) in [5.41, 5.74) is 4.59. The summed E-state index contributed by atoms with van der Waals surface area (Å²) in [6.45, 7) is 0. The van der Waals surface area contributed by atoms with Crippen LogP contribution in [0.15, 0.2) is 67.0 Å². The number of hydrogen-bond acceptors (Lipinski definition) is 4. The Morgan fingerprint density at radius 1 is 1.00 bits per heavy atom. The molecule has 6 nitrogen and oxygen atoms in total. The van der Waals surface area contributed by atoms with Gasteiger partial charge in [0.2, 0.25) is 5.82 Å². The number of imidazole rings is 1. The number of primary amides is 1. The highest BCUT2D eigenvalue weighted by molar-refractivity contribution is 5.96. The van der Waals surface area contributed by atoms with Gasteiger partial charge in [0.05, 0.1) is 16.8 Å². The zero-order valence-electron chi connectivity index (χ0n) is 14.7. The van der Waals surface area contributed by atoms with Crippen LogP contribution in [0.1, 0.15) is 16.2 Å². The molecule has 2 aromatic carbocycles. The number of benzene rings is 2. The third-order valence-electron chi connectivity index (χ3n) is 4.17. The molecule has 2 N–H and O–H groups in total. The van der Waals surface area contributed by atoms with Crippen LogP contribution >= 0.6 is 0 Å². The quantitative estimate of drug-likeness (QED) is 0.555. The highest BCUT2D eigenvalue weighted by Gasteiger charge is 2.35. The van der Waals surface area contributed by atoms with Crippen LogP contribution in [0.5, 0.6) is 11.5 Å². The largest absolute Gasteiger partial charge is 0.457 e. The summed E-state index contributed by atoms with van der Waals surface area (Å²) in [4.78, 5) is 19.7. The van der Waals surface area contributed by atoms with E-state index in [1.54, 1.807) is 48.8 Å². The molecule has 0 aliphatic carbocycles. The Kier molecular flexibility index (Phi) is 4.42. The van der Waals surface area contributed by atoms with Crippen molar-refractivity contribution in [3.05, 3.63) is 78.4 Å². The molecule has 0 fully saturated rings. The Bertz CT molecular complexity index is 1200. The van der Waals surface area contributed by atoms with E-state index in [9.17, 15) is 18.0 Å². The predicted molar refractivity (Wildman–Crippen MR) is 98.9 cm³/mol. The van der Waals surface area contributed by atoms with Gasteiger partial charge in [-0.2, -0.15) is 13.2 Å². The second-order valence-electron chi connectivity index (χ2n) is 6.09. The Morgan fingerprint density at radius 3 is 2.41 bits per heavy atom. The van der Waals surface area contributed by atoms with Crippen molar-refractivity contribution in [1.82, 2.24) is 14.5 Å². The highest BCUT2D eigenvalue weighted by Crippen LogP contribution is 2.36. The molecule has 4 rings (SSSR count). The van der Waals surface area contributed by atoms with Gasteiger partial charge in [0, 0.05) is 18.5 Å². The SMILES string of the molecule is NC(=O)c1nc2c(C(F)(F)F)cccc2n1-c1cccc(Oc2ccncc2)c1. The molecule has 0 saturated carbocycles. The summed E-state index contributed by atoms with van der Waals surface area (Å²) in [6, 6.07) is 13.4. The van der Waals surface area contributed by atoms with E-state index >= 15 is 0 Å². The molecular formula is C20H13F3N4O2. The minimum Gasteiger partial charge on any atom is -0.457 e. The molecule has 1 amide bonds. The van der Waals surface area contributed by atoms with Crippen molar-refractivity contribution in [2.45, 2.75) is 6.18 Å². The number of para-hydroxylation sites is 1.